The van der Waals surface area contributed by atoms with Gasteiger partial charge in [-0.1, -0.05) is 48.0 Å². The van der Waals surface area contributed by atoms with Gasteiger partial charge in [0, 0.05) is 6.08 Å². The van der Waals surface area contributed by atoms with Gasteiger partial charge in [0.2, 0.25) is 5.91 Å². The van der Waals surface area contributed by atoms with Crippen molar-refractivity contribution in [2.45, 2.75) is 26.3 Å². The lowest BCUT2D eigenvalue weighted by Crippen LogP contribution is -2.29. The summed E-state index contributed by atoms with van der Waals surface area (Å²) in [5.74, 6) is 0.673. The molecular weight excluding hydrogens is 298 g/mol. The number of nitrogens with one attached hydrogen (secondary N) is 2. The summed E-state index contributed by atoms with van der Waals surface area (Å²) in [7, 11) is 0. The topological polar surface area (TPSA) is 57.8 Å². The van der Waals surface area contributed by atoms with Crippen LogP contribution in [0.25, 0.3) is 11.0 Å². The number of carbonyl (C=O) groups excluding carboxylic acids is 1. The zero-order valence-corrected chi connectivity index (χ0v) is 13.9. The molecule has 1 heterocycles. The number of aromatic nitrogens is 2. The molecule has 122 valence electrons. The number of hydrogen-bond donors (Lipinski definition) is 2. The van der Waals surface area contributed by atoms with Gasteiger partial charge in [0.1, 0.15) is 5.82 Å². The summed E-state index contributed by atoms with van der Waals surface area (Å²) in [6.07, 6.45) is 2.30. The molecule has 1 atom stereocenters. The Morgan fingerprint density at radius 1 is 1.12 bits per heavy atom. The Balaban J connectivity index is 1.91. The van der Waals surface area contributed by atoms with E-state index in [1.54, 1.807) is 6.08 Å². The van der Waals surface area contributed by atoms with Crippen LogP contribution in [0, 0.1) is 0 Å². The Kier molecular flexibility index (Phi) is 4.75. The lowest BCUT2D eigenvalue weighted by molar-refractivity contribution is -0.117. The van der Waals surface area contributed by atoms with Crippen molar-refractivity contribution in [1.82, 2.24) is 15.3 Å². The number of nitrogens with zero attached hydrogens (tertiary/aromatic N) is 1. The summed E-state index contributed by atoms with van der Waals surface area (Å²) in [6.45, 7) is 3.82. The first-order valence-electron chi connectivity index (χ1n) is 8.06. The normalized spacial score (nSPS) is 11.9. The largest absolute Gasteiger partial charge is 0.342 e. The number of allylic oxidation sites excluding steroid dienone is 1. The number of aromatic amines is 1. The van der Waals surface area contributed by atoms with Gasteiger partial charge in [-0.15, -0.1) is 0 Å². The molecule has 4 heteroatoms. The fraction of sp³-hybridized carbons (Fsp3) is 0.200. The molecule has 0 unspecified atom stereocenters. The van der Waals surface area contributed by atoms with E-state index in [0.717, 1.165) is 28.0 Å². The molecule has 0 aliphatic heterocycles. The Labute approximate surface area is 141 Å². The van der Waals surface area contributed by atoms with Gasteiger partial charge in [-0.2, -0.15) is 0 Å². The molecule has 24 heavy (non-hydrogen) atoms. The van der Waals surface area contributed by atoms with Crippen molar-refractivity contribution in [3.05, 3.63) is 77.6 Å². The highest BCUT2D eigenvalue weighted by molar-refractivity contribution is 5.88. The van der Waals surface area contributed by atoms with Gasteiger partial charge in [0.05, 0.1) is 17.1 Å². The maximum atomic E-state index is 12.2. The van der Waals surface area contributed by atoms with Crippen molar-refractivity contribution in [3.8, 4) is 0 Å². The van der Waals surface area contributed by atoms with E-state index in [9.17, 15) is 4.79 Å². The number of benzene rings is 2. The monoisotopic (exact) mass is 319 g/mol. The zero-order chi connectivity index (χ0) is 16.9. The molecule has 0 aliphatic carbocycles. The lowest BCUT2D eigenvalue weighted by atomic mass is 10.1. The van der Waals surface area contributed by atoms with Gasteiger partial charge in [0.15, 0.2) is 0 Å². The van der Waals surface area contributed by atoms with Crippen molar-refractivity contribution in [2.24, 2.45) is 0 Å². The molecule has 3 aromatic rings. The number of hydrogen-bond acceptors (Lipinski definition) is 2. The second-order valence-corrected chi connectivity index (χ2v) is 6.11. The predicted octanol–water partition coefficient (Wildman–Crippen LogP) is 3.93. The van der Waals surface area contributed by atoms with Crippen LogP contribution in [-0.2, 0) is 11.2 Å². The van der Waals surface area contributed by atoms with Crippen LogP contribution in [0.15, 0.2) is 66.2 Å². The summed E-state index contributed by atoms with van der Waals surface area (Å²) in [5.41, 5.74) is 4.00. The van der Waals surface area contributed by atoms with Crippen LogP contribution in [-0.4, -0.2) is 15.9 Å². The SMILES string of the molecule is CC(C)=CC(=O)N[C@@H](Cc1ccccc1)c1nc2ccccc2[nH]1. The average Bonchev–Trinajstić information content (AvgIpc) is 2.98. The molecular formula is C20H21N3O. The smallest absolute Gasteiger partial charge is 0.244 e. The van der Waals surface area contributed by atoms with Crippen LogP contribution in [0.5, 0.6) is 0 Å². The number of rotatable bonds is 5. The van der Waals surface area contributed by atoms with Gasteiger partial charge in [-0.05, 0) is 38.0 Å². The minimum absolute atomic E-state index is 0.101. The van der Waals surface area contributed by atoms with Crippen LogP contribution in [0.4, 0.5) is 0 Å². The van der Waals surface area contributed by atoms with E-state index >= 15 is 0 Å². The average molecular weight is 319 g/mol. The quantitative estimate of drug-likeness (QED) is 0.700. The molecule has 2 aromatic carbocycles. The molecule has 2 N–H and O–H groups in total. The first-order valence-corrected chi connectivity index (χ1v) is 8.06. The van der Waals surface area contributed by atoms with Gasteiger partial charge in [-0.3, -0.25) is 4.79 Å². The van der Waals surface area contributed by atoms with Gasteiger partial charge < -0.3 is 10.3 Å². The third-order valence-electron chi connectivity index (χ3n) is 3.76. The Bertz CT molecular complexity index is 828. The number of fused-ring (bicyclic) bond motifs is 1. The molecule has 0 saturated heterocycles. The Hall–Kier alpha value is -2.88. The molecule has 1 aromatic heterocycles. The summed E-state index contributed by atoms with van der Waals surface area (Å²) >= 11 is 0. The van der Waals surface area contributed by atoms with Crippen LogP contribution in [0.3, 0.4) is 0 Å². The third kappa shape index (κ3) is 3.90. The number of amides is 1. The number of carbonyl (C=O) groups is 1. The molecule has 4 nitrogen and oxygen atoms in total. The van der Waals surface area contributed by atoms with Crippen LogP contribution in [0.1, 0.15) is 31.3 Å². The highest BCUT2D eigenvalue weighted by Crippen LogP contribution is 2.20. The van der Waals surface area contributed by atoms with Crippen LogP contribution < -0.4 is 5.32 Å². The van der Waals surface area contributed by atoms with E-state index in [1.165, 1.54) is 0 Å². The molecule has 0 saturated carbocycles. The first kappa shape index (κ1) is 16.0. The predicted molar refractivity (Wildman–Crippen MR) is 96.6 cm³/mol. The number of H-pyrrole nitrogens is 1. The summed E-state index contributed by atoms with van der Waals surface area (Å²) in [5, 5.41) is 3.07. The van der Waals surface area contributed by atoms with Gasteiger partial charge in [0.25, 0.3) is 0 Å². The van der Waals surface area contributed by atoms with Crippen LogP contribution >= 0.6 is 0 Å². The van der Waals surface area contributed by atoms with Crippen molar-refractivity contribution < 1.29 is 4.79 Å². The maximum Gasteiger partial charge on any atom is 0.244 e. The van der Waals surface area contributed by atoms with E-state index in [1.807, 2.05) is 56.3 Å². The van der Waals surface area contributed by atoms with E-state index in [0.29, 0.717) is 6.42 Å². The Morgan fingerprint density at radius 3 is 2.54 bits per heavy atom. The minimum Gasteiger partial charge on any atom is -0.342 e. The van der Waals surface area contributed by atoms with Gasteiger partial charge >= 0.3 is 0 Å². The van der Waals surface area contributed by atoms with E-state index in [-0.39, 0.29) is 11.9 Å². The molecule has 3 rings (SSSR count). The molecule has 0 fully saturated rings. The van der Waals surface area contributed by atoms with Crippen molar-refractivity contribution >= 4 is 16.9 Å². The van der Waals surface area contributed by atoms with E-state index in [4.69, 9.17) is 0 Å². The molecule has 0 aliphatic rings. The standard InChI is InChI=1S/C20H21N3O/c1-14(2)12-19(24)21-18(13-15-8-4-3-5-9-15)20-22-16-10-6-7-11-17(16)23-20/h3-12,18H,13H2,1-2H3,(H,21,24)(H,22,23)/t18-/m0/s1. The Morgan fingerprint density at radius 2 is 1.83 bits per heavy atom. The van der Waals surface area contributed by atoms with E-state index in [2.05, 4.69) is 27.4 Å². The highest BCUT2D eigenvalue weighted by Gasteiger charge is 2.18. The zero-order valence-electron chi connectivity index (χ0n) is 13.9. The van der Waals surface area contributed by atoms with Crippen molar-refractivity contribution in [2.75, 3.05) is 0 Å². The van der Waals surface area contributed by atoms with E-state index < -0.39 is 0 Å². The fourth-order valence-electron chi connectivity index (χ4n) is 2.68. The van der Waals surface area contributed by atoms with Crippen molar-refractivity contribution in [3.63, 3.8) is 0 Å². The molecule has 1 amide bonds. The van der Waals surface area contributed by atoms with Crippen LogP contribution in [0.2, 0.25) is 0 Å². The highest BCUT2D eigenvalue weighted by atomic mass is 16.1. The minimum atomic E-state index is -0.206. The maximum absolute atomic E-state index is 12.2. The number of imidazole rings is 1. The fourth-order valence-corrected chi connectivity index (χ4v) is 2.68. The molecule has 0 spiro atoms. The second kappa shape index (κ2) is 7.13. The second-order valence-electron chi connectivity index (χ2n) is 6.11. The van der Waals surface area contributed by atoms with Crippen molar-refractivity contribution in [1.29, 1.82) is 0 Å². The third-order valence-corrected chi connectivity index (χ3v) is 3.76. The van der Waals surface area contributed by atoms with Gasteiger partial charge in [-0.25, -0.2) is 4.98 Å². The lowest BCUT2D eigenvalue weighted by Gasteiger charge is -2.16. The first-order chi connectivity index (χ1) is 11.6. The summed E-state index contributed by atoms with van der Waals surface area (Å²) < 4.78 is 0. The number of para-hydroxylation sites is 2. The summed E-state index contributed by atoms with van der Waals surface area (Å²) in [6, 6.07) is 17.8. The molecule has 0 radical (unpaired) electrons. The summed E-state index contributed by atoms with van der Waals surface area (Å²) in [4.78, 5) is 20.2. The molecule has 0 bridgehead atoms.